The molecular formula is C19H15NO4. The van der Waals surface area contributed by atoms with Gasteiger partial charge in [0.2, 0.25) is 0 Å². The minimum absolute atomic E-state index is 0.0537. The summed E-state index contributed by atoms with van der Waals surface area (Å²) < 4.78 is 9.95. The van der Waals surface area contributed by atoms with E-state index in [9.17, 15) is 9.59 Å². The molecule has 24 heavy (non-hydrogen) atoms. The van der Waals surface area contributed by atoms with Crippen LogP contribution in [0.4, 0.5) is 0 Å². The molecule has 120 valence electrons. The molecule has 0 amide bonds. The molecule has 1 heterocycles. The second-order valence-corrected chi connectivity index (χ2v) is 5.16. The maximum absolute atomic E-state index is 12.2. The third-order valence-electron chi connectivity index (χ3n) is 3.53. The molecule has 0 unspecified atom stereocenters. The summed E-state index contributed by atoms with van der Waals surface area (Å²) in [5.74, 6) is -0.941. The summed E-state index contributed by atoms with van der Waals surface area (Å²) in [4.78, 5) is 28.0. The molecule has 0 radical (unpaired) electrons. The first kappa shape index (κ1) is 15.7. The quantitative estimate of drug-likeness (QED) is 0.689. The Labute approximate surface area is 138 Å². The van der Waals surface area contributed by atoms with Crippen molar-refractivity contribution in [2.45, 2.75) is 6.61 Å². The highest BCUT2D eigenvalue weighted by atomic mass is 16.5. The largest absolute Gasteiger partial charge is 0.465 e. The lowest BCUT2D eigenvalue weighted by Crippen LogP contribution is -2.08. The van der Waals surface area contributed by atoms with Gasteiger partial charge in [-0.15, -0.1) is 0 Å². The average Bonchev–Trinajstić information content (AvgIpc) is 2.65. The number of aromatic nitrogens is 1. The zero-order valence-electron chi connectivity index (χ0n) is 13.1. The minimum atomic E-state index is -0.510. The molecule has 0 aliphatic carbocycles. The van der Waals surface area contributed by atoms with Gasteiger partial charge in [0, 0.05) is 5.39 Å². The SMILES string of the molecule is COC(=O)c1cccc(COC(=O)c2ccc3ccccc3n2)c1. The van der Waals surface area contributed by atoms with Crippen LogP contribution in [0.3, 0.4) is 0 Å². The fourth-order valence-corrected chi connectivity index (χ4v) is 2.31. The van der Waals surface area contributed by atoms with Crippen LogP contribution >= 0.6 is 0 Å². The Balaban J connectivity index is 1.71. The van der Waals surface area contributed by atoms with Gasteiger partial charge in [-0.05, 0) is 29.8 Å². The number of rotatable bonds is 4. The zero-order chi connectivity index (χ0) is 16.9. The predicted octanol–water partition coefficient (Wildman–Crippen LogP) is 3.38. The van der Waals surface area contributed by atoms with Crippen LogP contribution in [0.25, 0.3) is 10.9 Å². The van der Waals surface area contributed by atoms with Gasteiger partial charge in [-0.1, -0.05) is 36.4 Å². The molecule has 3 rings (SSSR count). The Bertz CT molecular complexity index is 905. The van der Waals surface area contributed by atoms with Crippen LogP contribution in [0.15, 0.2) is 60.7 Å². The van der Waals surface area contributed by atoms with E-state index in [1.54, 1.807) is 30.3 Å². The molecule has 0 aliphatic rings. The number of carbonyl (C=O) groups is 2. The normalized spacial score (nSPS) is 10.4. The zero-order valence-corrected chi connectivity index (χ0v) is 13.1. The summed E-state index contributed by atoms with van der Waals surface area (Å²) in [7, 11) is 1.32. The standard InChI is InChI=1S/C19H15NO4/c1-23-18(21)15-7-4-5-13(11-15)12-24-19(22)17-10-9-14-6-2-3-8-16(14)20-17/h2-11H,12H2,1H3. The molecule has 2 aromatic carbocycles. The highest BCUT2D eigenvalue weighted by molar-refractivity contribution is 5.91. The van der Waals surface area contributed by atoms with Crippen LogP contribution in [0.5, 0.6) is 0 Å². The Morgan fingerprint density at radius 3 is 2.62 bits per heavy atom. The second-order valence-electron chi connectivity index (χ2n) is 5.16. The molecule has 0 saturated carbocycles. The van der Waals surface area contributed by atoms with E-state index in [2.05, 4.69) is 9.72 Å². The van der Waals surface area contributed by atoms with Crippen molar-refractivity contribution in [3.05, 3.63) is 77.5 Å². The lowest BCUT2D eigenvalue weighted by molar-refractivity contribution is 0.0466. The number of hydrogen-bond donors (Lipinski definition) is 0. The molecule has 3 aromatic rings. The summed E-state index contributed by atoms with van der Waals surface area (Å²) in [6, 6.07) is 17.8. The Morgan fingerprint density at radius 2 is 1.79 bits per heavy atom. The Hall–Kier alpha value is -3.21. The monoisotopic (exact) mass is 321 g/mol. The van der Waals surface area contributed by atoms with Crippen LogP contribution in [0, 0.1) is 0 Å². The number of fused-ring (bicyclic) bond motifs is 1. The average molecular weight is 321 g/mol. The number of hydrogen-bond acceptors (Lipinski definition) is 5. The molecule has 0 N–H and O–H groups in total. The Morgan fingerprint density at radius 1 is 0.958 bits per heavy atom. The molecular weight excluding hydrogens is 306 g/mol. The van der Waals surface area contributed by atoms with E-state index in [1.165, 1.54) is 7.11 Å². The van der Waals surface area contributed by atoms with Gasteiger partial charge >= 0.3 is 11.9 Å². The smallest absolute Gasteiger partial charge is 0.357 e. The minimum Gasteiger partial charge on any atom is -0.465 e. The van der Waals surface area contributed by atoms with Crippen molar-refractivity contribution in [3.8, 4) is 0 Å². The van der Waals surface area contributed by atoms with E-state index in [1.807, 2.05) is 30.3 Å². The van der Waals surface area contributed by atoms with E-state index < -0.39 is 11.9 Å². The molecule has 0 spiro atoms. The number of carbonyl (C=O) groups excluding carboxylic acids is 2. The van der Waals surface area contributed by atoms with Crippen molar-refractivity contribution in [1.29, 1.82) is 0 Å². The van der Waals surface area contributed by atoms with E-state index in [0.29, 0.717) is 11.1 Å². The van der Waals surface area contributed by atoms with Crippen molar-refractivity contribution < 1.29 is 19.1 Å². The maximum atomic E-state index is 12.2. The number of ether oxygens (including phenoxy) is 2. The molecule has 5 heteroatoms. The van der Waals surface area contributed by atoms with Gasteiger partial charge in [0.15, 0.2) is 0 Å². The fraction of sp³-hybridized carbons (Fsp3) is 0.105. The number of pyridine rings is 1. The van der Waals surface area contributed by atoms with Crippen LogP contribution in [-0.2, 0) is 16.1 Å². The highest BCUT2D eigenvalue weighted by Crippen LogP contribution is 2.13. The molecule has 5 nitrogen and oxygen atoms in total. The number of methoxy groups -OCH3 is 1. The van der Waals surface area contributed by atoms with Gasteiger partial charge in [0.05, 0.1) is 18.2 Å². The van der Waals surface area contributed by atoms with Crippen molar-refractivity contribution in [2.24, 2.45) is 0 Å². The first-order valence-electron chi connectivity index (χ1n) is 7.37. The molecule has 0 saturated heterocycles. The Kier molecular flexibility index (Phi) is 4.52. The number of esters is 2. The summed E-state index contributed by atoms with van der Waals surface area (Å²) >= 11 is 0. The maximum Gasteiger partial charge on any atom is 0.357 e. The number of nitrogens with zero attached hydrogens (tertiary/aromatic N) is 1. The molecule has 0 atom stereocenters. The van der Waals surface area contributed by atoms with Crippen LogP contribution in [0.2, 0.25) is 0 Å². The van der Waals surface area contributed by atoms with E-state index in [0.717, 1.165) is 10.9 Å². The summed E-state index contributed by atoms with van der Waals surface area (Å²) in [5.41, 5.74) is 2.10. The molecule has 0 aliphatic heterocycles. The summed E-state index contributed by atoms with van der Waals surface area (Å²) in [6.07, 6.45) is 0. The molecule has 0 bridgehead atoms. The van der Waals surface area contributed by atoms with Crippen molar-refractivity contribution in [1.82, 2.24) is 4.98 Å². The van der Waals surface area contributed by atoms with Gasteiger partial charge in [0.25, 0.3) is 0 Å². The van der Waals surface area contributed by atoms with Gasteiger partial charge in [-0.25, -0.2) is 14.6 Å². The third kappa shape index (κ3) is 3.41. The van der Waals surface area contributed by atoms with E-state index in [4.69, 9.17) is 4.74 Å². The van der Waals surface area contributed by atoms with Gasteiger partial charge in [-0.3, -0.25) is 0 Å². The first-order valence-corrected chi connectivity index (χ1v) is 7.37. The number of benzene rings is 2. The summed E-state index contributed by atoms with van der Waals surface area (Å²) in [5, 5.41) is 0.958. The van der Waals surface area contributed by atoms with Crippen molar-refractivity contribution >= 4 is 22.8 Å². The first-order chi connectivity index (χ1) is 11.7. The number of para-hydroxylation sites is 1. The highest BCUT2D eigenvalue weighted by Gasteiger charge is 2.11. The predicted molar refractivity (Wildman–Crippen MR) is 88.6 cm³/mol. The molecule has 0 fully saturated rings. The lowest BCUT2D eigenvalue weighted by atomic mass is 10.1. The second kappa shape index (κ2) is 6.91. The summed E-state index contributed by atoms with van der Waals surface area (Å²) in [6.45, 7) is 0.0537. The van der Waals surface area contributed by atoms with E-state index in [-0.39, 0.29) is 12.3 Å². The van der Waals surface area contributed by atoms with Crippen molar-refractivity contribution in [3.63, 3.8) is 0 Å². The van der Waals surface area contributed by atoms with Crippen LogP contribution in [0.1, 0.15) is 26.4 Å². The lowest BCUT2D eigenvalue weighted by Gasteiger charge is -2.06. The van der Waals surface area contributed by atoms with Gasteiger partial charge in [0.1, 0.15) is 12.3 Å². The van der Waals surface area contributed by atoms with Crippen LogP contribution in [-0.4, -0.2) is 24.0 Å². The van der Waals surface area contributed by atoms with Gasteiger partial charge < -0.3 is 9.47 Å². The molecule has 1 aromatic heterocycles. The van der Waals surface area contributed by atoms with Crippen LogP contribution < -0.4 is 0 Å². The van der Waals surface area contributed by atoms with Crippen molar-refractivity contribution in [2.75, 3.05) is 7.11 Å². The van der Waals surface area contributed by atoms with E-state index >= 15 is 0 Å². The topological polar surface area (TPSA) is 65.5 Å². The fourth-order valence-electron chi connectivity index (χ4n) is 2.31. The van der Waals surface area contributed by atoms with Gasteiger partial charge in [-0.2, -0.15) is 0 Å². The third-order valence-corrected chi connectivity index (χ3v) is 3.53.